The number of benzene rings is 1. The highest BCUT2D eigenvalue weighted by Gasteiger charge is 2.22. The van der Waals surface area contributed by atoms with Gasteiger partial charge in [0.05, 0.1) is 21.7 Å². The lowest BCUT2D eigenvalue weighted by Crippen LogP contribution is -2.34. The Labute approximate surface area is 118 Å². The standard InChI is InChI=1S/C12H12BrClN2O2/c13-12-8(14)3-1-4-9(12)15-10(17)7-16-6-2-5-11(16)18/h1,3-4H,2,5-7H2,(H,15,17). The number of carbonyl (C=O) groups excluding carboxylic acids is 2. The fraction of sp³-hybridized carbons (Fsp3) is 0.333. The Morgan fingerprint density at radius 2 is 2.28 bits per heavy atom. The first-order chi connectivity index (χ1) is 8.58. The normalized spacial score (nSPS) is 15.0. The number of amides is 2. The molecule has 4 nitrogen and oxygen atoms in total. The number of halogens is 2. The average molecular weight is 332 g/mol. The van der Waals surface area contributed by atoms with Gasteiger partial charge in [-0.15, -0.1) is 0 Å². The van der Waals surface area contributed by atoms with Crippen molar-refractivity contribution in [2.24, 2.45) is 0 Å². The lowest BCUT2D eigenvalue weighted by molar-refractivity contribution is -0.131. The number of hydrogen-bond donors (Lipinski definition) is 1. The van der Waals surface area contributed by atoms with Gasteiger partial charge in [0, 0.05) is 13.0 Å². The van der Waals surface area contributed by atoms with E-state index in [4.69, 9.17) is 11.6 Å². The molecule has 0 radical (unpaired) electrons. The highest BCUT2D eigenvalue weighted by molar-refractivity contribution is 9.10. The van der Waals surface area contributed by atoms with Crippen LogP contribution in [0.4, 0.5) is 5.69 Å². The molecule has 1 aliphatic rings. The maximum absolute atomic E-state index is 11.8. The Hall–Kier alpha value is -1.07. The molecule has 18 heavy (non-hydrogen) atoms. The van der Waals surface area contributed by atoms with Crippen molar-refractivity contribution in [3.05, 3.63) is 27.7 Å². The van der Waals surface area contributed by atoms with Gasteiger partial charge in [0.2, 0.25) is 11.8 Å². The Bertz CT molecular complexity index is 493. The Morgan fingerprint density at radius 3 is 2.94 bits per heavy atom. The van der Waals surface area contributed by atoms with E-state index in [2.05, 4.69) is 21.2 Å². The summed E-state index contributed by atoms with van der Waals surface area (Å²) in [5, 5.41) is 3.27. The minimum absolute atomic E-state index is 0.0373. The fourth-order valence-corrected chi connectivity index (χ4v) is 2.37. The van der Waals surface area contributed by atoms with Crippen molar-refractivity contribution in [2.45, 2.75) is 12.8 Å². The van der Waals surface area contributed by atoms with Crippen molar-refractivity contribution < 1.29 is 9.59 Å². The van der Waals surface area contributed by atoms with Crippen LogP contribution < -0.4 is 5.32 Å². The SMILES string of the molecule is O=C(CN1CCCC1=O)Nc1cccc(Cl)c1Br. The summed E-state index contributed by atoms with van der Waals surface area (Å²) in [5.41, 5.74) is 0.610. The molecule has 6 heteroatoms. The molecule has 1 fully saturated rings. The van der Waals surface area contributed by atoms with E-state index in [-0.39, 0.29) is 18.4 Å². The zero-order valence-corrected chi connectivity index (χ0v) is 11.9. The van der Waals surface area contributed by atoms with E-state index in [1.54, 1.807) is 23.1 Å². The maximum atomic E-state index is 11.8. The summed E-state index contributed by atoms with van der Waals surface area (Å²) in [6.45, 7) is 0.751. The highest BCUT2D eigenvalue weighted by Crippen LogP contribution is 2.29. The molecule has 0 aliphatic carbocycles. The van der Waals surface area contributed by atoms with Crippen LogP contribution in [0.15, 0.2) is 22.7 Å². The summed E-state index contributed by atoms with van der Waals surface area (Å²) in [5.74, 6) is -0.177. The molecular formula is C12H12BrClN2O2. The fourth-order valence-electron chi connectivity index (χ4n) is 1.83. The van der Waals surface area contributed by atoms with Crippen molar-refractivity contribution in [1.82, 2.24) is 4.90 Å². The van der Waals surface area contributed by atoms with E-state index in [1.165, 1.54) is 0 Å². The minimum atomic E-state index is -0.215. The third-order valence-electron chi connectivity index (χ3n) is 2.73. The first-order valence-electron chi connectivity index (χ1n) is 5.59. The molecule has 2 amide bonds. The molecule has 1 N–H and O–H groups in total. The largest absolute Gasteiger partial charge is 0.333 e. The van der Waals surface area contributed by atoms with Crippen LogP contribution >= 0.6 is 27.5 Å². The maximum Gasteiger partial charge on any atom is 0.244 e. The molecule has 1 saturated heterocycles. The third-order valence-corrected chi connectivity index (χ3v) is 4.13. The lowest BCUT2D eigenvalue weighted by atomic mass is 10.3. The van der Waals surface area contributed by atoms with E-state index >= 15 is 0 Å². The number of nitrogens with one attached hydrogen (secondary N) is 1. The molecule has 1 aromatic carbocycles. The Kier molecular flexibility index (Phi) is 4.24. The van der Waals surface area contributed by atoms with Gasteiger partial charge >= 0.3 is 0 Å². The van der Waals surface area contributed by atoms with Crippen LogP contribution in [-0.2, 0) is 9.59 Å². The van der Waals surface area contributed by atoms with Crippen molar-refractivity contribution in [1.29, 1.82) is 0 Å². The quantitative estimate of drug-likeness (QED) is 0.926. The summed E-state index contributed by atoms with van der Waals surface area (Å²) in [6, 6.07) is 5.23. The van der Waals surface area contributed by atoms with E-state index in [0.29, 0.717) is 28.1 Å². The molecule has 0 spiro atoms. The molecule has 0 atom stereocenters. The predicted molar refractivity (Wildman–Crippen MR) is 73.6 cm³/mol. The molecule has 0 bridgehead atoms. The van der Waals surface area contributed by atoms with E-state index in [1.807, 2.05) is 0 Å². The monoisotopic (exact) mass is 330 g/mol. The number of likely N-dealkylation sites (tertiary alicyclic amines) is 1. The van der Waals surface area contributed by atoms with Crippen molar-refractivity contribution in [3.8, 4) is 0 Å². The van der Waals surface area contributed by atoms with Crippen LogP contribution in [-0.4, -0.2) is 29.8 Å². The molecule has 0 saturated carbocycles. The molecule has 2 rings (SSSR count). The molecule has 1 heterocycles. The summed E-state index contributed by atoms with van der Waals surface area (Å²) in [7, 11) is 0. The smallest absolute Gasteiger partial charge is 0.244 e. The van der Waals surface area contributed by atoms with Crippen molar-refractivity contribution in [2.75, 3.05) is 18.4 Å². The highest BCUT2D eigenvalue weighted by atomic mass is 79.9. The van der Waals surface area contributed by atoms with Crippen LogP contribution in [0.1, 0.15) is 12.8 Å². The first-order valence-corrected chi connectivity index (χ1v) is 6.76. The topological polar surface area (TPSA) is 49.4 Å². The summed E-state index contributed by atoms with van der Waals surface area (Å²) < 4.78 is 0.646. The number of rotatable bonds is 3. The second-order valence-corrected chi connectivity index (χ2v) is 5.27. The van der Waals surface area contributed by atoms with Gasteiger partial charge < -0.3 is 10.2 Å². The van der Waals surface area contributed by atoms with Crippen molar-refractivity contribution >= 4 is 45.0 Å². The zero-order valence-electron chi connectivity index (χ0n) is 9.58. The number of anilines is 1. The molecular weight excluding hydrogens is 320 g/mol. The van der Waals surface area contributed by atoms with Crippen LogP contribution in [0, 0.1) is 0 Å². The Balaban J connectivity index is 1.99. The molecule has 96 valence electrons. The summed E-state index contributed by atoms with van der Waals surface area (Å²) in [4.78, 5) is 24.8. The van der Waals surface area contributed by atoms with E-state index in [0.717, 1.165) is 6.42 Å². The average Bonchev–Trinajstić information content (AvgIpc) is 2.71. The van der Waals surface area contributed by atoms with Gasteiger partial charge in [-0.2, -0.15) is 0 Å². The second kappa shape index (κ2) is 5.71. The van der Waals surface area contributed by atoms with Crippen LogP contribution in [0.2, 0.25) is 5.02 Å². The van der Waals surface area contributed by atoms with Gasteiger partial charge in [0.15, 0.2) is 0 Å². The summed E-state index contributed by atoms with van der Waals surface area (Å²) >= 11 is 9.23. The third kappa shape index (κ3) is 3.03. The molecule has 1 aliphatic heterocycles. The number of nitrogens with zero attached hydrogens (tertiary/aromatic N) is 1. The first kappa shape index (κ1) is 13.4. The molecule has 1 aromatic rings. The molecule has 0 unspecified atom stereocenters. The van der Waals surface area contributed by atoms with Gasteiger partial charge in [-0.3, -0.25) is 9.59 Å². The number of hydrogen-bond acceptors (Lipinski definition) is 2. The van der Waals surface area contributed by atoms with Gasteiger partial charge in [-0.25, -0.2) is 0 Å². The predicted octanol–water partition coefficient (Wildman–Crippen LogP) is 2.66. The van der Waals surface area contributed by atoms with Crippen molar-refractivity contribution in [3.63, 3.8) is 0 Å². The van der Waals surface area contributed by atoms with Crippen LogP contribution in [0.5, 0.6) is 0 Å². The van der Waals surface area contributed by atoms with Gasteiger partial charge in [-0.05, 0) is 34.5 Å². The van der Waals surface area contributed by atoms with E-state index < -0.39 is 0 Å². The lowest BCUT2D eigenvalue weighted by Gasteiger charge is -2.15. The Morgan fingerprint density at radius 1 is 1.50 bits per heavy atom. The second-order valence-electron chi connectivity index (χ2n) is 4.07. The van der Waals surface area contributed by atoms with Gasteiger partial charge in [-0.1, -0.05) is 17.7 Å². The summed E-state index contributed by atoms with van der Waals surface area (Å²) in [6.07, 6.45) is 1.36. The van der Waals surface area contributed by atoms with E-state index in [9.17, 15) is 9.59 Å². The van der Waals surface area contributed by atoms with Gasteiger partial charge in [0.25, 0.3) is 0 Å². The van der Waals surface area contributed by atoms with Crippen LogP contribution in [0.25, 0.3) is 0 Å². The minimum Gasteiger partial charge on any atom is -0.333 e. The van der Waals surface area contributed by atoms with Gasteiger partial charge in [0.1, 0.15) is 0 Å². The zero-order chi connectivity index (χ0) is 13.1. The molecule has 0 aromatic heterocycles. The number of carbonyl (C=O) groups is 2. The van der Waals surface area contributed by atoms with Crippen LogP contribution in [0.3, 0.4) is 0 Å².